The molecular weight excluding hydrogens is 384 g/mol. The number of nitrogens with zero attached hydrogens (tertiary/aromatic N) is 5. The van der Waals surface area contributed by atoms with Gasteiger partial charge in [0.25, 0.3) is 0 Å². The van der Waals surface area contributed by atoms with Gasteiger partial charge in [0.2, 0.25) is 0 Å². The Morgan fingerprint density at radius 3 is 2.55 bits per heavy atom. The number of aromatic nitrogens is 5. The van der Waals surface area contributed by atoms with Gasteiger partial charge in [0, 0.05) is 23.2 Å². The van der Waals surface area contributed by atoms with E-state index in [9.17, 15) is 0 Å². The maximum absolute atomic E-state index is 6.24. The molecule has 1 fully saturated rings. The third kappa shape index (κ3) is 3.19. The van der Waals surface area contributed by atoms with Crippen LogP contribution in [0.5, 0.6) is 0 Å². The van der Waals surface area contributed by atoms with Gasteiger partial charge in [-0.05, 0) is 75.8 Å². The van der Waals surface area contributed by atoms with Crippen LogP contribution in [-0.2, 0) is 13.1 Å². The van der Waals surface area contributed by atoms with Crippen LogP contribution in [0.2, 0.25) is 5.02 Å². The van der Waals surface area contributed by atoms with E-state index in [0.29, 0.717) is 12.0 Å². The van der Waals surface area contributed by atoms with E-state index in [-0.39, 0.29) is 0 Å². The number of hydrogen-bond donors (Lipinski definition) is 1. The molecule has 1 N–H and O–H groups in total. The Labute approximate surface area is 176 Å². The molecule has 0 radical (unpaired) electrons. The summed E-state index contributed by atoms with van der Waals surface area (Å²) in [5, 5.41) is 18.2. The summed E-state index contributed by atoms with van der Waals surface area (Å²) in [6, 6.07) is 6.59. The molecule has 0 atom stereocenters. The SMILES string of the molecule is Cc1nn([C@H]2CC[C@H](c3nnc4n3-c3ccc(Cl)cc3CNC4)CC2)c(C)c1C. The Bertz CT molecular complexity index is 1060. The quantitative estimate of drug-likeness (QED) is 0.673. The van der Waals surface area contributed by atoms with Gasteiger partial charge in [-0.15, -0.1) is 10.2 Å². The first-order chi connectivity index (χ1) is 14.0. The highest BCUT2D eigenvalue weighted by Gasteiger charge is 2.30. The van der Waals surface area contributed by atoms with Gasteiger partial charge in [-0.2, -0.15) is 5.10 Å². The summed E-state index contributed by atoms with van der Waals surface area (Å²) in [5.41, 5.74) is 6.13. The molecule has 3 aromatic rings. The summed E-state index contributed by atoms with van der Waals surface area (Å²) in [6.07, 6.45) is 4.47. The summed E-state index contributed by atoms with van der Waals surface area (Å²) >= 11 is 6.24. The van der Waals surface area contributed by atoms with Crippen molar-refractivity contribution in [2.75, 3.05) is 0 Å². The predicted molar refractivity (Wildman–Crippen MR) is 114 cm³/mol. The first-order valence-corrected chi connectivity index (χ1v) is 10.9. The number of benzene rings is 1. The molecule has 7 heteroatoms. The lowest BCUT2D eigenvalue weighted by Gasteiger charge is -2.29. The fourth-order valence-electron chi connectivity index (χ4n) is 4.87. The number of rotatable bonds is 2. The molecule has 1 saturated carbocycles. The molecule has 2 aromatic heterocycles. The standard InChI is InChI=1S/C22H27ClN6/c1-13-14(2)27-29(15(13)3)19-7-4-16(5-8-19)22-26-25-21-12-24-11-17-10-18(23)6-9-20(17)28(21)22/h6,9-10,16,19,24H,4-5,7-8,11-12H2,1-3H3/t16-,19-. The van der Waals surface area contributed by atoms with Crippen LogP contribution in [0.4, 0.5) is 0 Å². The molecule has 1 aromatic carbocycles. The molecule has 2 aliphatic rings. The largest absolute Gasteiger partial charge is 0.306 e. The predicted octanol–water partition coefficient (Wildman–Crippen LogP) is 4.54. The molecule has 6 nitrogen and oxygen atoms in total. The average Bonchev–Trinajstić information content (AvgIpc) is 3.18. The second kappa shape index (κ2) is 7.26. The van der Waals surface area contributed by atoms with Crippen molar-refractivity contribution in [1.29, 1.82) is 0 Å². The highest BCUT2D eigenvalue weighted by Crippen LogP contribution is 2.39. The van der Waals surface area contributed by atoms with E-state index in [4.69, 9.17) is 16.7 Å². The number of fused-ring (bicyclic) bond motifs is 3. The minimum absolute atomic E-state index is 0.423. The van der Waals surface area contributed by atoms with E-state index in [0.717, 1.165) is 66.8 Å². The van der Waals surface area contributed by atoms with Crippen LogP contribution in [0.1, 0.15) is 71.8 Å². The van der Waals surface area contributed by atoms with E-state index in [1.165, 1.54) is 16.8 Å². The Hall–Kier alpha value is -2.18. The lowest BCUT2D eigenvalue weighted by molar-refractivity contribution is 0.292. The maximum Gasteiger partial charge on any atom is 0.151 e. The third-order valence-corrected chi connectivity index (χ3v) is 6.97. The van der Waals surface area contributed by atoms with Crippen LogP contribution in [0.3, 0.4) is 0 Å². The Balaban J connectivity index is 1.43. The van der Waals surface area contributed by atoms with Crippen LogP contribution in [-0.4, -0.2) is 24.5 Å². The van der Waals surface area contributed by atoms with Crippen molar-refractivity contribution in [3.63, 3.8) is 0 Å². The molecule has 152 valence electrons. The zero-order chi connectivity index (χ0) is 20.1. The van der Waals surface area contributed by atoms with Crippen LogP contribution in [0.15, 0.2) is 18.2 Å². The molecule has 0 spiro atoms. The average molecular weight is 411 g/mol. The van der Waals surface area contributed by atoms with E-state index in [1.54, 1.807) is 0 Å². The van der Waals surface area contributed by atoms with Gasteiger partial charge < -0.3 is 5.32 Å². The maximum atomic E-state index is 6.24. The van der Waals surface area contributed by atoms with Crippen LogP contribution in [0.25, 0.3) is 5.69 Å². The fourth-order valence-corrected chi connectivity index (χ4v) is 5.07. The highest BCUT2D eigenvalue weighted by atomic mass is 35.5. The molecule has 0 bridgehead atoms. The molecule has 5 rings (SSSR count). The first-order valence-electron chi connectivity index (χ1n) is 10.5. The molecular formula is C22H27ClN6. The monoisotopic (exact) mass is 410 g/mol. The minimum atomic E-state index is 0.423. The molecule has 3 heterocycles. The van der Waals surface area contributed by atoms with Crippen molar-refractivity contribution >= 4 is 11.6 Å². The van der Waals surface area contributed by atoms with Crippen LogP contribution >= 0.6 is 11.6 Å². The number of nitrogens with one attached hydrogen (secondary N) is 1. The Morgan fingerprint density at radius 1 is 1.03 bits per heavy atom. The van der Waals surface area contributed by atoms with Crippen molar-refractivity contribution in [3.8, 4) is 5.69 Å². The molecule has 0 unspecified atom stereocenters. The molecule has 0 amide bonds. The van der Waals surface area contributed by atoms with Crippen molar-refractivity contribution < 1.29 is 0 Å². The van der Waals surface area contributed by atoms with Crippen molar-refractivity contribution in [3.05, 3.63) is 57.4 Å². The zero-order valence-electron chi connectivity index (χ0n) is 17.2. The topological polar surface area (TPSA) is 60.6 Å². The van der Waals surface area contributed by atoms with Crippen molar-refractivity contribution in [2.24, 2.45) is 0 Å². The summed E-state index contributed by atoms with van der Waals surface area (Å²) in [6.45, 7) is 7.98. The molecule has 29 heavy (non-hydrogen) atoms. The summed E-state index contributed by atoms with van der Waals surface area (Å²) in [5.74, 6) is 2.50. The second-order valence-corrected chi connectivity index (χ2v) is 8.87. The van der Waals surface area contributed by atoms with Gasteiger partial charge in [0.15, 0.2) is 5.82 Å². The van der Waals surface area contributed by atoms with Crippen LogP contribution < -0.4 is 5.32 Å². The van der Waals surface area contributed by atoms with Gasteiger partial charge >= 0.3 is 0 Å². The van der Waals surface area contributed by atoms with Crippen molar-refractivity contribution in [1.82, 2.24) is 29.9 Å². The molecule has 1 aliphatic carbocycles. The normalized spacial score (nSPS) is 21.5. The minimum Gasteiger partial charge on any atom is -0.306 e. The Morgan fingerprint density at radius 2 is 1.83 bits per heavy atom. The zero-order valence-corrected chi connectivity index (χ0v) is 18.0. The highest BCUT2D eigenvalue weighted by molar-refractivity contribution is 6.30. The lowest BCUT2D eigenvalue weighted by Crippen LogP contribution is -2.21. The van der Waals surface area contributed by atoms with E-state index >= 15 is 0 Å². The first kappa shape index (κ1) is 18.8. The summed E-state index contributed by atoms with van der Waals surface area (Å²) < 4.78 is 4.52. The lowest BCUT2D eigenvalue weighted by atomic mass is 9.85. The van der Waals surface area contributed by atoms with Crippen molar-refractivity contribution in [2.45, 2.75) is 71.5 Å². The van der Waals surface area contributed by atoms with Gasteiger partial charge in [-0.25, -0.2) is 0 Å². The molecule has 1 aliphatic heterocycles. The van der Waals surface area contributed by atoms with Gasteiger partial charge in [-0.1, -0.05) is 11.6 Å². The van der Waals surface area contributed by atoms with Crippen LogP contribution in [0, 0.1) is 20.8 Å². The second-order valence-electron chi connectivity index (χ2n) is 8.43. The van der Waals surface area contributed by atoms with E-state index < -0.39 is 0 Å². The molecule has 0 saturated heterocycles. The number of hydrogen-bond acceptors (Lipinski definition) is 4. The Kier molecular flexibility index (Phi) is 4.71. The fraction of sp³-hybridized carbons (Fsp3) is 0.500. The summed E-state index contributed by atoms with van der Waals surface area (Å²) in [7, 11) is 0. The number of aryl methyl sites for hydroxylation is 1. The smallest absolute Gasteiger partial charge is 0.151 e. The van der Waals surface area contributed by atoms with Gasteiger partial charge in [-0.3, -0.25) is 9.25 Å². The third-order valence-electron chi connectivity index (χ3n) is 6.73. The van der Waals surface area contributed by atoms with E-state index in [1.807, 2.05) is 12.1 Å². The van der Waals surface area contributed by atoms with Gasteiger partial charge in [0.1, 0.15) is 5.82 Å². The van der Waals surface area contributed by atoms with E-state index in [2.05, 4.69) is 51.6 Å². The summed E-state index contributed by atoms with van der Waals surface area (Å²) in [4.78, 5) is 0. The van der Waals surface area contributed by atoms with Gasteiger partial charge in [0.05, 0.1) is 24.0 Å². The number of halogens is 1.